The molecule has 0 radical (unpaired) electrons. The molecule has 5 heteroatoms. The van der Waals surface area contributed by atoms with Gasteiger partial charge in [0.2, 0.25) is 0 Å². The minimum Gasteiger partial charge on any atom is -0.493 e. The number of nitrogens with zero attached hydrogens (tertiary/aromatic N) is 1. The van der Waals surface area contributed by atoms with Gasteiger partial charge in [0, 0.05) is 6.20 Å². The number of aromatic nitrogens is 1. The molecule has 0 amide bonds. The first-order chi connectivity index (χ1) is 6.74. The topological polar surface area (TPSA) is 59.4 Å². The number of hydrogen-bond acceptors (Lipinski definition) is 4. The highest BCUT2D eigenvalue weighted by molar-refractivity contribution is 7.21. The van der Waals surface area contributed by atoms with Gasteiger partial charge >= 0.3 is 5.97 Å². The number of carboxylic acid groups (broad SMARTS) is 1. The van der Waals surface area contributed by atoms with Gasteiger partial charge in [0.15, 0.2) is 10.6 Å². The number of pyridine rings is 1. The van der Waals surface area contributed by atoms with Gasteiger partial charge < -0.3 is 9.84 Å². The van der Waals surface area contributed by atoms with Gasteiger partial charge in [-0.1, -0.05) is 0 Å². The number of ether oxygens (including phenoxy) is 1. The molecule has 0 atom stereocenters. The van der Waals surface area contributed by atoms with Crippen LogP contribution in [0.2, 0.25) is 0 Å². The van der Waals surface area contributed by atoms with Crippen LogP contribution in [0.25, 0.3) is 10.2 Å². The Morgan fingerprint density at radius 3 is 3.07 bits per heavy atom. The average molecular weight is 209 g/mol. The SMILES string of the molecule is COc1c(C(=O)O)sc2cccnc12. The van der Waals surface area contributed by atoms with Crippen LogP contribution in [0.4, 0.5) is 0 Å². The van der Waals surface area contributed by atoms with Gasteiger partial charge in [-0.2, -0.15) is 0 Å². The minimum atomic E-state index is -0.982. The molecular formula is C9H7NO3S. The molecule has 0 aliphatic heterocycles. The largest absolute Gasteiger partial charge is 0.493 e. The standard InChI is InChI=1S/C9H7NO3S/c1-13-7-6-5(3-2-4-10-6)14-8(7)9(11)12/h2-4H,1H3,(H,11,12). The molecule has 2 heterocycles. The Morgan fingerprint density at radius 2 is 2.43 bits per heavy atom. The van der Waals surface area contributed by atoms with E-state index >= 15 is 0 Å². The highest BCUT2D eigenvalue weighted by Crippen LogP contribution is 2.35. The number of thiophene rings is 1. The van der Waals surface area contributed by atoms with E-state index < -0.39 is 5.97 Å². The number of carbonyl (C=O) groups is 1. The molecule has 2 aromatic rings. The van der Waals surface area contributed by atoms with Gasteiger partial charge in [-0.25, -0.2) is 4.79 Å². The normalized spacial score (nSPS) is 10.4. The highest BCUT2D eigenvalue weighted by atomic mass is 32.1. The summed E-state index contributed by atoms with van der Waals surface area (Å²) in [7, 11) is 1.45. The summed E-state index contributed by atoms with van der Waals surface area (Å²) < 4.78 is 5.85. The predicted octanol–water partition coefficient (Wildman–Crippen LogP) is 2.00. The first kappa shape index (κ1) is 8.96. The maximum absolute atomic E-state index is 10.9. The van der Waals surface area contributed by atoms with Gasteiger partial charge in [0.25, 0.3) is 0 Å². The molecule has 0 saturated heterocycles. The van der Waals surface area contributed by atoms with Crippen LogP contribution in [0.1, 0.15) is 9.67 Å². The number of rotatable bonds is 2. The molecule has 14 heavy (non-hydrogen) atoms. The summed E-state index contributed by atoms with van der Waals surface area (Å²) in [5.74, 6) is -0.636. The molecule has 4 nitrogen and oxygen atoms in total. The van der Waals surface area contributed by atoms with Crippen LogP contribution >= 0.6 is 11.3 Å². The van der Waals surface area contributed by atoms with Gasteiger partial charge in [-0.15, -0.1) is 11.3 Å². The Balaban J connectivity index is 2.78. The van der Waals surface area contributed by atoms with Gasteiger partial charge in [-0.3, -0.25) is 4.98 Å². The Labute approximate surface area is 83.8 Å². The maximum atomic E-state index is 10.9. The number of hydrogen-bond donors (Lipinski definition) is 1. The monoisotopic (exact) mass is 209 g/mol. The summed E-state index contributed by atoms with van der Waals surface area (Å²) in [4.78, 5) is 15.1. The zero-order valence-electron chi connectivity index (χ0n) is 7.35. The van der Waals surface area contributed by atoms with Crippen molar-refractivity contribution in [2.24, 2.45) is 0 Å². The summed E-state index contributed by atoms with van der Waals surface area (Å²) in [5.41, 5.74) is 0.609. The Hall–Kier alpha value is -1.62. The molecule has 72 valence electrons. The first-order valence-corrected chi connectivity index (χ1v) is 4.70. The fraction of sp³-hybridized carbons (Fsp3) is 0.111. The molecule has 0 aliphatic rings. The fourth-order valence-corrected chi connectivity index (χ4v) is 2.21. The average Bonchev–Trinajstić information content (AvgIpc) is 2.56. The lowest BCUT2D eigenvalue weighted by molar-refractivity contribution is 0.0699. The smallest absolute Gasteiger partial charge is 0.349 e. The van der Waals surface area contributed by atoms with Gasteiger partial charge in [0.05, 0.1) is 11.8 Å². The van der Waals surface area contributed by atoms with E-state index in [0.717, 1.165) is 4.70 Å². The summed E-state index contributed by atoms with van der Waals surface area (Å²) in [6.07, 6.45) is 1.61. The number of carboxylic acids is 1. The van der Waals surface area contributed by atoms with Crippen LogP contribution in [0.5, 0.6) is 5.75 Å². The van der Waals surface area contributed by atoms with E-state index in [-0.39, 0.29) is 4.88 Å². The van der Waals surface area contributed by atoms with Crippen molar-refractivity contribution < 1.29 is 14.6 Å². The second-order valence-electron chi connectivity index (χ2n) is 2.62. The lowest BCUT2D eigenvalue weighted by Crippen LogP contribution is -1.95. The summed E-state index contributed by atoms with van der Waals surface area (Å²) in [6.45, 7) is 0. The third kappa shape index (κ3) is 1.22. The Kier molecular flexibility index (Phi) is 2.09. The van der Waals surface area contributed by atoms with Gasteiger partial charge in [0.1, 0.15) is 5.52 Å². The van der Waals surface area contributed by atoms with Crippen molar-refractivity contribution in [3.63, 3.8) is 0 Å². The second-order valence-corrected chi connectivity index (χ2v) is 3.67. The van der Waals surface area contributed by atoms with E-state index in [1.54, 1.807) is 12.3 Å². The number of aromatic carboxylic acids is 1. The van der Waals surface area contributed by atoms with Crippen LogP contribution in [0.15, 0.2) is 18.3 Å². The van der Waals surface area contributed by atoms with Crippen LogP contribution in [-0.4, -0.2) is 23.2 Å². The van der Waals surface area contributed by atoms with E-state index in [1.807, 2.05) is 6.07 Å². The lowest BCUT2D eigenvalue weighted by Gasteiger charge is -1.97. The van der Waals surface area contributed by atoms with Crippen molar-refractivity contribution in [1.82, 2.24) is 4.98 Å². The van der Waals surface area contributed by atoms with E-state index in [2.05, 4.69) is 4.98 Å². The van der Waals surface area contributed by atoms with Crippen LogP contribution in [-0.2, 0) is 0 Å². The molecule has 0 saturated carbocycles. The predicted molar refractivity (Wildman–Crippen MR) is 53.1 cm³/mol. The molecule has 1 N–H and O–H groups in total. The Bertz CT molecular complexity index is 492. The van der Waals surface area contributed by atoms with Crippen LogP contribution in [0.3, 0.4) is 0 Å². The molecule has 0 aliphatic carbocycles. The van der Waals surface area contributed by atoms with Crippen molar-refractivity contribution in [3.8, 4) is 5.75 Å². The summed E-state index contributed by atoms with van der Waals surface area (Å²) in [5, 5.41) is 8.90. The summed E-state index contributed by atoms with van der Waals surface area (Å²) >= 11 is 1.17. The molecule has 2 rings (SSSR count). The molecule has 0 bridgehead atoms. The molecule has 2 aromatic heterocycles. The lowest BCUT2D eigenvalue weighted by atomic mass is 10.3. The molecule has 0 aromatic carbocycles. The third-order valence-corrected chi connectivity index (χ3v) is 2.92. The van der Waals surface area contributed by atoms with E-state index in [9.17, 15) is 4.79 Å². The fourth-order valence-electron chi connectivity index (χ4n) is 1.24. The summed E-state index contributed by atoms with van der Waals surface area (Å²) in [6, 6.07) is 3.59. The van der Waals surface area contributed by atoms with E-state index in [4.69, 9.17) is 9.84 Å². The third-order valence-electron chi connectivity index (χ3n) is 1.80. The van der Waals surface area contributed by atoms with Crippen molar-refractivity contribution in [2.45, 2.75) is 0 Å². The van der Waals surface area contributed by atoms with Crippen LogP contribution < -0.4 is 4.74 Å². The highest BCUT2D eigenvalue weighted by Gasteiger charge is 2.18. The van der Waals surface area contributed by atoms with E-state index in [1.165, 1.54) is 18.4 Å². The van der Waals surface area contributed by atoms with Crippen molar-refractivity contribution in [3.05, 3.63) is 23.2 Å². The second kappa shape index (κ2) is 3.26. The minimum absolute atomic E-state index is 0.196. The van der Waals surface area contributed by atoms with Crippen molar-refractivity contribution in [1.29, 1.82) is 0 Å². The van der Waals surface area contributed by atoms with Crippen molar-refractivity contribution in [2.75, 3.05) is 7.11 Å². The van der Waals surface area contributed by atoms with Crippen molar-refractivity contribution >= 4 is 27.5 Å². The maximum Gasteiger partial charge on any atom is 0.349 e. The number of methoxy groups -OCH3 is 1. The molecule has 0 spiro atoms. The first-order valence-electron chi connectivity index (χ1n) is 3.89. The molecule has 0 fully saturated rings. The van der Waals surface area contributed by atoms with E-state index in [0.29, 0.717) is 11.3 Å². The Morgan fingerprint density at radius 1 is 1.64 bits per heavy atom. The van der Waals surface area contributed by atoms with Gasteiger partial charge in [-0.05, 0) is 12.1 Å². The molecular weight excluding hydrogens is 202 g/mol. The number of fused-ring (bicyclic) bond motifs is 1. The molecule has 0 unspecified atom stereocenters. The zero-order valence-corrected chi connectivity index (χ0v) is 8.17. The van der Waals surface area contributed by atoms with Crippen LogP contribution in [0, 0.1) is 0 Å². The zero-order chi connectivity index (χ0) is 10.1. The quantitative estimate of drug-likeness (QED) is 0.821.